The number of aliphatic carboxylic acids is 1. The minimum atomic E-state index is -4.49. The molecule has 1 amide bonds. The van der Waals surface area contributed by atoms with E-state index in [0.29, 0.717) is 5.56 Å². The van der Waals surface area contributed by atoms with E-state index >= 15 is 0 Å². The summed E-state index contributed by atoms with van der Waals surface area (Å²) in [6, 6.07) is 6.22. The SMILES string of the molecule is O=C(O)C=Cc1ccccc1OCC(=O)NCC(F)(F)F. The summed E-state index contributed by atoms with van der Waals surface area (Å²) < 4.78 is 40.8. The maximum atomic E-state index is 11.9. The van der Waals surface area contributed by atoms with Gasteiger partial charge >= 0.3 is 12.1 Å². The third-order valence-electron chi connectivity index (χ3n) is 2.17. The molecule has 1 aromatic carbocycles. The fourth-order valence-corrected chi connectivity index (χ4v) is 1.30. The van der Waals surface area contributed by atoms with Gasteiger partial charge in [0.05, 0.1) is 0 Å². The molecule has 8 heteroatoms. The van der Waals surface area contributed by atoms with Crippen molar-refractivity contribution in [3.63, 3.8) is 0 Å². The number of carboxylic acid groups (broad SMARTS) is 1. The first-order valence-corrected chi connectivity index (χ1v) is 5.74. The highest BCUT2D eigenvalue weighted by Crippen LogP contribution is 2.19. The zero-order chi connectivity index (χ0) is 15.9. The van der Waals surface area contributed by atoms with Gasteiger partial charge in [0, 0.05) is 11.6 Å². The number of benzene rings is 1. The van der Waals surface area contributed by atoms with E-state index in [1.54, 1.807) is 23.5 Å². The van der Waals surface area contributed by atoms with Gasteiger partial charge in [0.1, 0.15) is 12.3 Å². The number of amides is 1. The molecule has 2 N–H and O–H groups in total. The average molecular weight is 303 g/mol. The largest absolute Gasteiger partial charge is 0.483 e. The molecule has 1 aromatic rings. The molecule has 0 saturated carbocycles. The van der Waals surface area contributed by atoms with Gasteiger partial charge in [-0.3, -0.25) is 4.79 Å². The van der Waals surface area contributed by atoms with E-state index < -0.39 is 31.2 Å². The summed E-state index contributed by atoms with van der Waals surface area (Å²) in [4.78, 5) is 21.6. The lowest BCUT2D eigenvalue weighted by atomic mass is 10.2. The fourth-order valence-electron chi connectivity index (χ4n) is 1.30. The van der Waals surface area contributed by atoms with Crippen LogP contribution in [0.1, 0.15) is 5.56 Å². The van der Waals surface area contributed by atoms with Crippen molar-refractivity contribution in [2.45, 2.75) is 6.18 Å². The molecule has 0 radical (unpaired) electrons. The third-order valence-corrected chi connectivity index (χ3v) is 2.17. The quantitative estimate of drug-likeness (QED) is 0.786. The lowest BCUT2D eigenvalue weighted by Gasteiger charge is -2.10. The van der Waals surface area contributed by atoms with E-state index in [2.05, 4.69) is 0 Å². The molecule has 0 aliphatic carbocycles. The van der Waals surface area contributed by atoms with E-state index in [1.165, 1.54) is 12.1 Å². The summed E-state index contributed by atoms with van der Waals surface area (Å²) in [5.41, 5.74) is 0.392. The minimum Gasteiger partial charge on any atom is -0.483 e. The number of carbonyl (C=O) groups is 2. The van der Waals surface area contributed by atoms with Gasteiger partial charge in [-0.1, -0.05) is 18.2 Å². The number of ether oxygens (including phenoxy) is 1. The van der Waals surface area contributed by atoms with Crippen molar-refractivity contribution in [3.05, 3.63) is 35.9 Å². The van der Waals surface area contributed by atoms with Gasteiger partial charge < -0.3 is 15.2 Å². The summed E-state index contributed by atoms with van der Waals surface area (Å²) in [5.74, 6) is -1.89. The number of hydrogen-bond donors (Lipinski definition) is 2. The first-order valence-electron chi connectivity index (χ1n) is 5.74. The third kappa shape index (κ3) is 7.00. The Morgan fingerprint density at radius 3 is 2.57 bits per heavy atom. The number of rotatable bonds is 6. The van der Waals surface area contributed by atoms with Crippen molar-refractivity contribution < 1.29 is 32.6 Å². The van der Waals surface area contributed by atoms with Crippen LogP contribution in [-0.4, -0.2) is 36.3 Å². The van der Waals surface area contributed by atoms with E-state index in [9.17, 15) is 22.8 Å². The molecule has 114 valence electrons. The Hall–Kier alpha value is -2.51. The molecule has 0 aromatic heterocycles. The van der Waals surface area contributed by atoms with Gasteiger partial charge in [-0.25, -0.2) is 4.79 Å². The summed E-state index contributed by atoms with van der Waals surface area (Å²) in [6.45, 7) is -2.04. The van der Waals surface area contributed by atoms with Gasteiger partial charge in [0.2, 0.25) is 0 Å². The molecule has 0 aliphatic rings. The van der Waals surface area contributed by atoms with Crippen LogP contribution in [0.3, 0.4) is 0 Å². The van der Waals surface area contributed by atoms with Crippen LogP contribution in [0, 0.1) is 0 Å². The smallest absolute Gasteiger partial charge is 0.405 e. The van der Waals surface area contributed by atoms with Gasteiger partial charge in [0.25, 0.3) is 5.91 Å². The van der Waals surface area contributed by atoms with Crippen LogP contribution in [0.25, 0.3) is 6.08 Å². The van der Waals surface area contributed by atoms with E-state index in [4.69, 9.17) is 9.84 Å². The maximum absolute atomic E-state index is 11.9. The molecule has 0 aliphatic heterocycles. The first kappa shape index (κ1) is 16.5. The van der Waals surface area contributed by atoms with Crippen LogP contribution in [0.4, 0.5) is 13.2 Å². The van der Waals surface area contributed by atoms with Crippen molar-refractivity contribution in [3.8, 4) is 5.75 Å². The number of hydrogen-bond acceptors (Lipinski definition) is 3. The lowest BCUT2D eigenvalue weighted by molar-refractivity contribution is -0.139. The number of para-hydroxylation sites is 1. The van der Waals surface area contributed by atoms with E-state index in [0.717, 1.165) is 6.08 Å². The summed E-state index contributed by atoms with van der Waals surface area (Å²) in [5, 5.41) is 10.2. The Kier molecular flexibility index (Phi) is 5.77. The molecular weight excluding hydrogens is 291 g/mol. The standard InChI is InChI=1S/C13H12F3NO4/c14-13(15,16)8-17-11(18)7-21-10-4-2-1-3-9(10)5-6-12(19)20/h1-6H,7-8H2,(H,17,18)(H,19,20). The Morgan fingerprint density at radius 2 is 1.95 bits per heavy atom. The second-order valence-electron chi connectivity index (χ2n) is 3.89. The van der Waals surface area contributed by atoms with Gasteiger partial charge in [-0.2, -0.15) is 13.2 Å². The van der Waals surface area contributed by atoms with Gasteiger partial charge in [0.15, 0.2) is 6.61 Å². The van der Waals surface area contributed by atoms with Gasteiger partial charge in [-0.15, -0.1) is 0 Å². The second-order valence-corrected chi connectivity index (χ2v) is 3.89. The average Bonchev–Trinajstić information content (AvgIpc) is 2.40. The lowest BCUT2D eigenvalue weighted by Crippen LogP contribution is -2.36. The topological polar surface area (TPSA) is 75.6 Å². The molecule has 0 saturated heterocycles. The molecule has 0 spiro atoms. The van der Waals surface area contributed by atoms with Crippen molar-refractivity contribution in [1.29, 1.82) is 0 Å². The molecule has 0 unspecified atom stereocenters. The number of carboxylic acids is 1. The van der Waals surface area contributed by atoms with Crippen molar-refractivity contribution in [1.82, 2.24) is 5.32 Å². The molecule has 0 heterocycles. The van der Waals surface area contributed by atoms with Crippen LogP contribution < -0.4 is 10.1 Å². The minimum absolute atomic E-state index is 0.192. The van der Waals surface area contributed by atoms with Crippen LogP contribution in [0.5, 0.6) is 5.75 Å². The van der Waals surface area contributed by atoms with Crippen molar-refractivity contribution >= 4 is 18.0 Å². The van der Waals surface area contributed by atoms with Crippen LogP contribution >= 0.6 is 0 Å². The first-order chi connectivity index (χ1) is 9.78. The Bertz CT molecular complexity index is 540. The second kappa shape index (κ2) is 7.32. The fraction of sp³-hybridized carbons (Fsp3) is 0.231. The zero-order valence-electron chi connectivity index (χ0n) is 10.7. The molecular formula is C13H12F3NO4. The summed E-state index contributed by atoms with van der Waals surface area (Å²) in [7, 11) is 0. The number of halogens is 3. The highest BCUT2D eigenvalue weighted by atomic mass is 19.4. The van der Waals surface area contributed by atoms with Crippen LogP contribution in [0.2, 0.25) is 0 Å². The number of nitrogens with one attached hydrogen (secondary N) is 1. The van der Waals surface area contributed by atoms with E-state index in [1.807, 2.05) is 0 Å². The van der Waals surface area contributed by atoms with Crippen LogP contribution in [-0.2, 0) is 9.59 Å². The summed E-state index contributed by atoms with van der Waals surface area (Å²) in [6.07, 6.45) is -2.35. The number of carbonyl (C=O) groups excluding carboxylic acids is 1. The van der Waals surface area contributed by atoms with Gasteiger partial charge in [-0.05, 0) is 12.1 Å². The highest BCUT2D eigenvalue weighted by Gasteiger charge is 2.27. The van der Waals surface area contributed by atoms with Crippen molar-refractivity contribution in [2.75, 3.05) is 13.2 Å². The molecule has 0 fully saturated rings. The maximum Gasteiger partial charge on any atom is 0.405 e. The number of alkyl halides is 3. The summed E-state index contributed by atoms with van der Waals surface area (Å²) >= 11 is 0. The zero-order valence-corrected chi connectivity index (χ0v) is 10.7. The Balaban J connectivity index is 2.59. The molecule has 0 atom stereocenters. The molecule has 5 nitrogen and oxygen atoms in total. The van der Waals surface area contributed by atoms with Crippen LogP contribution in [0.15, 0.2) is 30.3 Å². The monoisotopic (exact) mass is 303 g/mol. The molecule has 1 rings (SSSR count). The predicted octanol–water partition coefficient (Wildman–Crippen LogP) is 1.84. The Labute approximate surface area is 118 Å². The van der Waals surface area contributed by atoms with Crippen molar-refractivity contribution in [2.24, 2.45) is 0 Å². The highest BCUT2D eigenvalue weighted by molar-refractivity contribution is 5.86. The normalized spacial score (nSPS) is 11.4. The predicted molar refractivity (Wildman–Crippen MR) is 67.7 cm³/mol. The molecule has 21 heavy (non-hydrogen) atoms. The molecule has 0 bridgehead atoms. The Morgan fingerprint density at radius 1 is 1.29 bits per heavy atom. The van der Waals surface area contributed by atoms with E-state index in [-0.39, 0.29) is 5.75 Å².